The lowest BCUT2D eigenvalue weighted by Gasteiger charge is -2.19. The fourth-order valence-electron chi connectivity index (χ4n) is 2.47. The number of carbonyl (C=O) groups excluding carboxylic acids is 1. The average Bonchev–Trinajstić information content (AvgIpc) is 2.58. The highest BCUT2D eigenvalue weighted by molar-refractivity contribution is 5.98. The maximum Gasteiger partial charge on any atom is 0.176 e. The van der Waals surface area contributed by atoms with Crippen molar-refractivity contribution in [1.29, 1.82) is 0 Å². The van der Waals surface area contributed by atoms with Gasteiger partial charge in [0.05, 0.1) is 6.54 Å². The third-order valence-corrected chi connectivity index (χ3v) is 3.77. The van der Waals surface area contributed by atoms with E-state index in [2.05, 4.69) is 11.8 Å². The summed E-state index contributed by atoms with van der Waals surface area (Å²) in [5, 5.41) is 18.7. The molecule has 0 saturated carbocycles. The van der Waals surface area contributed by atoms with Crippen molar-refractivity contribution in [3.05, 3.63) is 23.8 Å². The van der Waals surface area contributed by atoms with Gasteiger partial charge in [-0.05, 0) is 56.5 Å². The van der Waals surface area contributed by atoms with Crippen LogP contribution >= 0.6 is 0 Å². The van der Waals surface area contributed by atoms with Crippen LogP contribution in [-0.2, 0) is 0 Å². The van der Waals surface area contributed by atoms with Gasteiger partial charge < -0.3 is 10.2 Å². The summed E-state index contributed by atoms with van der Waals surface area (Å²) in [4.78, 5) is 14.3. The Labute approximate surface area is 113 Å². The first-order chi connectivity index (χ1) is 9.06. The second-order valence-corrected chi connectivity index (χ2v) is 5.44. The predicted octanol–water partition coefficient (Wildman–Crippen LogP) is 2.40. The molecule has 1 unspecified atom stereocenters. The number of Topliss-reactive ketones (excluding diaryl/α,β-unsaturated/α-hetero) is 1. The molecule has 1 fully saturated rings. The van der Waals surface area contributed by atoms with Crippen LogP contribution < -0.4 is 0 Å². The van der Waals surface area contributed by atoms with Crippen LogP contribution in [0.2, 0.25) is 0 Å². The van der Waals surface area contributed by atoms with Crippen LogP contribution in [0.4, 0.5) is 0 Å². The van der Waals surface area contributed by atoms with Crippen LogP contribution in [0, 0.1) is 5.92 Å². The Bertz CT molecular complexity index is 459. The Hall–Kier alpha value is -1.55. The molecule has 1 aliphatic heterocycles. The quantitative estimate of drug-likeness (QED) is 0.649. The minimum Gasteiger partial charge on any atom is -0.504 e. The van der Waals surface area contributed by atoms with Crippen LogP contribution in [0.1, 0.15) is 36.5 Å². The van der Waals surface area contributed by atoms with Crippen molar-refractivity contribution in [3.63, 3.8) is 0 Å². The molecule has 19 heavy (non-hydrogen) atoms. The topological polar surface area (TPSA) is 60.8 Å². The van der Waals surface area contributed by atoms with Gasteiger partial charge in [0, 0.05) is 5.56 Å². The van der Waals surface area contributed by atoms with Gasteiger partial charge in [0.15, 0.2) is 17.3 Å². The molecule has 2 N–H and O–H groups in total. The summed E-state index contributed by atoms with van der Waals surface area (Å²) in [7, 11) is 0. The zero-order valence-corrected chi connectivity index (χ0v) is 11.3. The van der Waals surface area contributed by atoms with Crippen LogP contribution in [0.15, 0.2) is 18.2 Å². The number of likely N-dealkylation sites (tertiary alicyclic amines) is 1. The summed E-state index contributed by atoms with van der Waals surface area (Å²) >= 11 is 0. The van der Waals surface area contributed by atoms with Crippen LogP contribution in [0.3, 0.4) is 0 Å². The highest BCUT2D eigenvalue weighted by atomic mass is 16.3. The number of aromatic hydroxyl groups is 2. The van der Waals surface area contributed by atoms with Crippen molar-refractivity contribution in [2.75, 3.05) is 19.6 Å². The zero-order chi connectivity index (χ0) is 13.8. The van der Waals surface area contributed by atoms with Crippen molar-refractivity contribution in [1.82, 2.24) is 4.90 Å². The number of phenols is 2. The predicted molar refractivity (Wildman–Crippen MR) is 73.6 cm³/mol. The molecule has 0 radical (unpaired) electrons. The molecule has 2 rings (SSSR count). The van der Waals surface area contributed by atoms with E-state index in [4.69, 9.17) is 0 Å². The minimum atomic E-state index is -0.240. The molecule has 1 atom stereocenters. The fraction of sp³-hybridized carbons (Fsp3) is 0.533. The number of nitrogens with zero attached hydrogens (tertiary/aromatic N) is 1. The van der Waals surface area contributed by atoms with E-state index < -0.39 is 0 Å². The van der Waals surface area contributed by atoms with E-state index >= 15 is 0 Å². The third kappa shape index (κ3) is 3.70. The second-order valence-electron chi connectivity index (χ2n) is 5.44. The molecular weight excluding hydrogens is 242 g/mol. The number of carbonyl (C=O) groups is 1. The van der Waals surface area contributed by atoms with E-state index in [1.807, 2.05) is 0 Å². The molecule has 0 bridgehead atoms. The largest absolute Gasteiger partial charge is 0.504 e. The Morgan fingerprint density at radius 3 is 2.79 bits per heavy atom. The van der Waals surface area contributed by atoms with Crippen molar-refractivity contribution in [2.24, 2.45) is 5.92 Å². The van der Waals surface area contributed by atoms with Crippen LogP contribution in [0.5, 0.6) is 11.5 Å². The van der Waals surface area contributed by atoms with Gasteiger partial charge >= 0.3 is 0 Å². The monoisotopic (exact) mass is 263 g/mol. The summed E-state index contributed by atoms with van der Waals surface area (Å²) in [6.07, 6.45) is 3.49. The second kappa shape index (κ2) is 6.06. The average molecular weight is 263 g/mol. The van der Waals surface area contributed by atoms with Gasteiger partial charge in [0.25, 0.3) is 0 Å². The molecule has 4 heteroatoms. The molecule has 0 amide bonds. The molecule has 1 aliphatic rings. The van der Waals surface area contributed by atoms with Gasteiger partial charge in [0.1, 0.15) is 0 Å². The van der Waals surface area contributed by atoms with Crippen molar-refractivity contribution >= 4 is 5.78 Å². The van der Waals surface area contributed by atoms with E-state index in [0.29, 0.717) is 12.1 Å². The lowest BCUT2D eigenvalue weighted by molar-refractivity contribution is 0.0932. The molecule has 1 heterocycles. The number of benzene rings is 1. The van der Waals surface area contributed by atoms with Crippen LogP contribution in [-0.4, -0.2) is 40.5 Å². The summed E-state index contributed by atoms with van der Waals surface area (Å²) in [6.45, 7) is 4.55. The highest BCUT2D eigenvalue weighted by Crippen LogP contribution is 2.25. The van der Waals surface area contributed by atoms with E-state index in [1.165, 1.54) is 18.6 Å². The van der Waals surface area contributed by atoms with Gasteiger partial charge in [0.2, 0.25) is 0 Å². The van der Waals surface area contributed by atoms with E-state index in [9.17, 15) is 15.0 Å². The number of ketones is 1. The molecular formula is C15H21NO3. The Balaban J connectivity index is 1.98. The maximum absolute atomic E-state index is 12.1. The Kier molecular flexibility index (Phi) is 4.43. The molecule has 1 aromatic carbocycles. The highest BCUT2D eigenvalue weighted by Gasteiger charge is 2.17. The fourth-order valence-corrected chi connectivity index (χ4v) is 2.47. The van der Waals surface area contributed by atoms with Crippen molar-refractivity contribution < 1.29 is 15.0 Å². The minimum absolute atomic E-state index is 0.00940. The van der Waals surface area contributed by atoms with Gasteiger partial charge in [-0.15, -0.1) is 0 Å². The Morgan fingerprint density at radius 1 is 1.26 bits per heavy atom. The van der Waals surface area contributed by atoms with Gasteiger partial charge in [-0.25, -0.2) is 0 Å². The zero-order valence-electron chi connectivity index (χ0n) is 11.3. The molecule has 1 aromatic rings. The molecule has 0 spiro atoms. The third-order valence-electron chi connectivity index (χ3n) is 3.77. The van der Waals surface area contributed by atoms with Gasteiger partial charge in [-0.2, -0.15) is 0 Å². The van der Waals surface area contributed by atoms with E-state index in [-0.39, 0.29) is 17.3 Å². The molecule has 4 nitrogen and oxygen atoms in total. The molecule has 1 saturated heterocycles. The summed E-state index contributed by atoms with van der Waals surface area (Å²) in [6, 6.07) is 4.24. The molecule has 104 valence electrons. The normalized spacial score (nSPS) is 21.0. The van der Waals surface area contributed by atoms with E-state index in [1.54, 1.807) is 6.07 Å². The number of hydrogen-bond acceptors (Lipinski definition) is 4. The lowest BCUT2D eigenvalue weighted by atomic mass is 10.0. The Morgan fingerprint density at radius 2 is 2.05 bits per heavy atom. The van der Waals surface area contributed by atoms with Crippen molar-refractivity contribution in [2.45, 2.75) is 26.2 Å². The summed E-state index contributed by atoms with van der Waals surface area (Å²) in [5.74, 6) is 0.290. The number of rotatable bonds is 3. The first-order valence-electron chi connectivity index (χ1n) is 6.84. The smallest absolute Gasteiger partial charge is 0.176 e. The number of phenolic OH excluding ortho intramolecular Hbond substituents is 2. The SMILES string of the molecule is CC1CCCN(CC(=O)c2ccc(O)c(O)c2)CC1. The lowest BCUT2D eigenvalue weighted by Crippen LogP contribution is -2.30. The van der Waals surface area contributed by atoms with Gasteiger partial charge in [-0.1, -0.05) is 6.92 Å². The van der Waals surface area contributed by atoms with E-state index in [0.717, 1.165) is 31.8 Å². The first kappa shape index (κ1) is 13.9. The molecule has 0 aromatic heterocycles. The van der Waals surface area contributed by atoms with Crippen LogP contribution in [0.25, 0.3) is 0 Å². The summed E-state index contributed by atoms with van der Waals surface area (Å²) in [5.41, 5.74) is 0.451. The molecule has 0 aliphatic carbocycles. The standard InChI is InChI=1S/C15H21NO3/c1-11-3-2-7-16(8-6-11)10-15(19)12-4-5-13(17)14(18)9-12/h4-5,9,11,17-18H,2-3,6-8,10H2,1H3. The first-order valence-corrected chi connectivity index (χ1v) is 6.84. The maximum atomic E-state index is 12.1. The van der Waals surface area contributed by atoms with Crippen molar-refractivity contribution in [3.8, 4) is 11.5 Å². The van der Waals surface area contributed by atoms with Gasteiger partial charge in [-0.3, -0.25) is 9.69 Å². The number of hydrogen-bond donors (Lipinski definition) is 2. The summed E-state index contributed by atoms with van der Waals surface area (Å²) < 4.78 is 0.